The number of rotatable bonds is 1. The van der Waals surface area contributed by atoms with E-state index in [1.54, 1.807) is 18.2 Å². The average Bonchev–Trinajstić information content (AvgIpc) is 2.83. The second kappa shape index (κ2) is 5.55. The predicted octanol–water partition coefficient (Wildman–Crippen LogP) is 1.62. The third-order valence-electron chi connectivity index (χ3n) is 4.15. The summed E-state index contributed by atoms with van der Waals surface area (Å²) in [6.45, 7) is 2.21. The van der Waals surface area contributed by atoms with Crippen LogP contribution < -0.4 is 4.90 Å². The predicted molar refractivity (Wildman–Crippen MR) is 90.0 cm³/mol. The lowest BCUT2D eigenvalue weighted by molar-refractivity contribution is -0.134. The highest BCUT2D eigenvalue weighted by Crippen LogP contribution is 2.41. The Morgan fingerprint density at radius 2 is 1.50 bits per heavy atom. The number of barbiturate groups is 1. The maximum atomic E-state index is 12.8. The van der Waals surface area contributed by atoms with E-state index in [-0.39, 0.29) is 11.1 Å². The number of nitrogens with zero attached hydrogens (tertiary/aromatic N) is 3. The molecule has 0 bridgehead atoms. The highest BCUT2D eigenvalue weighted by molar-refractivity contribution is 9.10. The van der Waals surface area contributed by atoms with Gasteiger partial charge in [0.1, 0.15) is 5.57 Å². The van der Waals surface area contributed by atoms with E-state index < -0.39 is 23.8 Å². The van der Waals surface area contributed by atoms with Crippen molar-refractivity contribution < 1.29 is 19.2 Å². The van der Waals surface area contributed by atoms with E-state index in [1.165, 1.54) is 19.0 Å². The molecule has 2 heterocycles. The van der Waals surface area contributed by atoms with E-state index in [2.05, 4.69) is 15.9 Å². The molecule has 5 amide bonds. The lowest BCUT2D eigenvalue weighted by Crippen LogP contribution is -2.53. The smallest absolute Gasteiger partial charge is 0.308 e. The Bertz CT molecular complexity index is 820. The molecular weight excluding hydrogens is 378 g/mol. The van der Waals surface area contributed by atoms with E-state index in [4.69, 9.17) is 0 Å². The van der Waals surface area contributed by atoms with Crippen LogP contribution in [0.4, 0.5) is 10.5 Å². The van der Waals surface area contributed by atoms with Gasteiger partial charge >= 0.3 is 6.03 Å². The number of benzene rings is 1. The normalized spacial score (nSPS) is 18.1. The Labute approximate surface area is 146 Å². The standard InChI is InChI=1S/C16H14BrN3O4/c1-4-20-10-6-5-8(17)7-9(10)11(15(20)23)12-13(21)18(2)16(24)19(3)14(12)22/h5-7H,4H2,1-3H3. The van der Waals surface area contributed by atoms with Crippen LogP contribution in [-0.4, -0.2) is 54.2 Å². The zero-order valence-electron chi connectivity index (χ0n) is 13.3. The van der Waals surface area contributed by atoms with E-state index in [1.807, 2.05) is 6.92 Å². The number of hydrogen-bond donors (Lipinski definition) is 0. The molecule has 7 nitrogen and oxygen atoms in total. The van der Waals surface area contributed by atoms with Gasteiger partial charge in [0.25, 0.3) is 17.7 Å². The van der Waals surface area contributed by atoms with Crippen molar-refractivity contribution in [3.05, 3.63) is 33.8 Å². The van der Waals surface area contributed by atoms with Crippen LogP contribution in [0.5, 0.6) is 0 Å². The summed E-state index contributed by atoms with van der Waals surface area (Å²) in [5.74, 6) is -1.95. The van der Waals surface area contributed by atoms with Crippen molar-refractivity contribution in [2.75, 3.05) is 25.5 Å². The molecule has 1 saturated heterocycles. The molecule has 24 heavy (non-hydrogen) atoms. The van der Waals surface area contributed by atoms with Crippen molar-refractivity contribution in [2.24, 2.45) is 0 Å². The van der Waals surface area contributed by atoms with Crippen LogP contribution in [0.2, 0.25) is 0 Å². The summed E-state index contributed by atoms with van der Waals surface area (Å²) in [4.78, 5) is 52.9. The molecule has 0 aromatic heterocycles. The van der Waals surface area contributed by atoms with Crippen molar-refractivity contribution in [3.8, 4) is 0 Å². The maximum Gasteiger partial charge on any atom is 0.333 e. The van der Waals surface area contributed by atoms with E-state index in [0.717, 1.165) is 14.3 Å². The number of carbonyl (C=O) groups excluding carboxylic acids is 4. The maximum absolute atomic E-state index is 12.8. The quantitative estimate of drug-likeness (QED) is 0.538. The third-order valence-corrected chi connectivity index (χ3v) is 4.65. The second-order valence-corrected chi connectivity index (χ2v) is 6.39. The molecule has 2 aliphatic heterocycles. The molecule has 1 fully saturated rings. The summed E-state index contributed by atoms with van der Waals surface area (Å²) in [7, 11) is 2.57. The number of imide groups is 2. The van der Waals surface area contributed by atoms with E-state index >= 15 is 0 Å². The molecule has 3 rings (SSSR count). The van der Waals surface area contributed by atoms with Crippen LogP contribution in [0.1, 0.15) is 12.5 Å². The minimum atomic E-state index is -0.768. The Hall–Kier alpha value is -2.48. The van der Waals surface area contributed by atoms with Gasteiger partial charge < -0.3 is 4.90 Å². The van der Waals surface area contributed by atoms with Crippen molar-refractivity contribution in [1.82, 2.24) is 9.80 Å². The van der Waals surface area contributed by atoms with Crippen LogP contribution in [0.25, 0.3) is 5.57 Å². The van der Waals surface area contributed by atoms with Crippen LogP contribution in [-0.2, 0) is 14.4 Å². The Morgan fingerprint density at radius 1 is 0.917 bits per heavy atom. The molecule has 0 atom stereocenters. The summed E-state index contributed by atoms with van der Waals surface area (Å²) >= 11 is 3.34. The fourth-order valence-electron chi connectivity index (χ4n) is 2.90. The van der Waals surface area contributed by atoms with Gasteiger partial charge in [-0.3, -0.25) is 24.2 Å². The third kappa shape index (κ3) is 2.10. The second-order valence-electron chi connectivity index (χ2n) is 5.47. The van der Waals surface area contributed by atoms with Gasteiger partial charge in [-0.15, -0.1) is 0 Å². The Morgan fingerprint density at radius 3 is 2.04 bits per heavy atom. The van der Waals surface area contributed by atoms with Gasteiger partial charge in [0, 0.05) is 30.7 Å². The summed E-state index contributed by atoms with van der Waals surface area (Å²) in [5, 5.41) is 0. The van der Waals surface area contributed by atoms with Gasteiger partial charge in [-0.2, -0.15) is 0 Å². The highest BCUT2D eigenvalue weighted by atomic mass is 79.9. The topological polar surface area (TPSA) is 78.0 Å². The summed E-state index contributed by atoms with van der Waals surface area (Å²) in [6.07, 6.45) is 0. The van der Waals surface area contributed by atoms with Crippen LogP contribution in [0.15, 0.2) is 28.2 Å². The van der Waals surface area contributed by atoms with Gasteiger partial charge in [0.2, 0.25) is 0 Å². The summed E-state index contributed by atoms with van der Waals surface area (Å²) < 4.78 is 0.721. The molecule has 0 N–H and O–H groups in total. The number of hydrogen-bond acceptors (Lipinski definition) is 4. The summed E-state index contributed by atoms with van der Waals surface area (Å²) in [6, 6.07) is 4.52. The van der Waals surface area contributed by atoms with E-state index in [0.29, 0.717) is 17.8 Å². The molecule has 0 radical (unpaired) electrons. The zero-order chi connectivity index (χ0) is 17.8. The first-order valence-electron chi connectivity index (χ1n) is 7.25. The first kappa shape index (κ1) is 16.4. The van der Waals surface area contributed by atoms with Gasteiger partial charge in [0.05, 0.1) is 11.3 Å². The largest absolute Gasteiger partial charge is 0.333 e. The number of urea groups is 1. The fourth-order valence-corrected chi connectivity index (χ4v) is 3.26. The van der Waals surface area contributed by atoms with E-state index in [9.17, 15) is 19.2 Å². The minimum absolute atomic E-state index is 0.0364. The average molecular weight is 392 g/mol. The molecular formula is C16H14BrN3O4. The van der Waals surface area contributed by atoms with Crippen molar-refractivity contribution in [2.45, 2.75) is 6.92 Å². The van der Waals surface area contributed by atoms with Gasteiger partial charge in [-0.1, -0.05) is 15.9 Å². The molecule has 8 heteroatoms. The fraction of sp³-hybridized carbons (Fsp3) is 0.250. The number of fused-ring (bicyclic) bond motifs is 1. The number of halogens is 1. The molecule has 0 unspecified atom stereocenters. The summed E-state index contributed by atoms with van der Waals surface area (Å²) in [5.41, 5.74) is 0.898. The number of likely N-dealkylation sites (N-methyl/N-ethyl adjacent to an activating group) is 3. The first-order valence-corrected chi connectivity index (χ1v) is 8.05. The number of carbonyl (C=O) groups is 4. The van der Waals surface area contributed by atoms with Crippen LogP contribution in [0, 0.1) is 0 Å². The Kier molecular flexibility index (Phi) is 3.79. The van der Waals surface area contributed by atoms with Crippen molar-refractivity contribution in [1.29, 1.82) is 0 Å². The number of amides is 5. The molecule has 1 aromatic carbocycles. The monoisotopic (exact) mass is 391 g/mol. The van der Waals surface area contributed by atoms with Crippen LogP contribution >= 0.6 is 15.9 Å². The number of anilines is 1. The molecule has 1 aromatic rings. The van der Waals surface area contributed by atoms with Gasteiger partial charge in [0.15, 0.2) is 0 Å². The van der Waals surface area contributed by atoms with Gasteiger partial charge in [-0.05, 0) is 25.1 Å². The molecule has 0 aliphatic carbocycles. The van der Waals surface area contributed by atoms with Crippen molar-refractivity contribution in [3.63, 3.8) is 0 Å². The van der Waals surface area contributed by atoms with Crippen molar-refractivity contribution >= 4 is 50.9 Å². The molecule has 0 spiro atoms. The SMILES string of the molecule is CCN1C(=O)C(=C2C(=O)N(C)C(=O)N(C)C2=O)c2cc(Br)ccc21. The molecule has 2 aliphatic rings. The molecule has 0 saturated carbocycles. The zero-order valence-corrected chi connectivity index (χ0v) is 14.9. The lowest BCUT2D eigenvalue weighted by atomic mass is 9.98. The highest BCUT2D eigenvalue weighted by Gasteiger charge is 2.45. The Balaban J connectivity index is 2.31. The van der Waals surface area contributed by atoms with Gasteiger partial charge in [-0.25, -0.2) is 4.79 Å². The lowest BCUT2D eigenvalue weighted by Gasteiger charge is -2.29. The minimum Gasteiger partial charge on any atom is -0.308 e. The molecule has 124 valence electrons. The van der Waals surface area contributed by atoms with Crippen LogP contribution in [0.3, 0.4) is 0 Å². The first-order chi connectivity index (χ1) is 11.3.